The fourth-order valence-corrected chi connectivity index (χ4v) is 2.75. The van der Waals surface area contributed by atoms with Crippen LogP contribution in [0.2, 0.25) is 0 Å². The molecule has 0 aliphatic rings. The number of nitrogens with one attached hydrogen (secondary N) is 1. The molecule has 0 aromatic heterocycles. The zero-order valence-electron chi connectivity index (χ0n) is 16.0. The summed E-state index contributed by atoms with van der Waals surface area (Å²) in [5.74, 6) is 0.146. The molecule has 0 spiro atoms. The third kappa shape index (κ3) is 5.34. The van der Waals surface area contributed by atoms with Gasteiger partial charge >= 0.3 is 0 Å². The highest BCUT2D eigenvalue weighted by molar-refractivity contribution is 6.02. The number of hydrogen-bond donors (Lipinski definition) is 1. The maximum absolute atomic E-state index is 12.5. The molecule has 0 fully saturated rings. The Morgan fingerprint density at radius 1 is 1.08 bits per heavy atom. The minimum Gasteiger partial charge on any atom is -0.489 e. The van der Waals surface area contributed by atoms with E-state index in [2.05, 4.69) is 5.32 Å². The van der Waals surface area contributed by atoms with E-state index in [1.165, 1.54) is 11.8 Å². The Balaban J connectivity index is 2.18. The van der Waals surface area contributed by atoms with Crippen LogP contribution in [0.15, 0.2) is 42.5 Å². The molecule has 2 aromatic carbocycles. The molecule has 0 heterocycles. The number of amides is 2. The van der Waals surface area contributed by atoms with Crippen molar-refractivity contribution in [1.82, 2.24) is 0 Å². The summed E-state index contributed by atoms with van der Waals surface area (Å²) in [7, 11) is 0. The van der Waals surface area contributed by atoms with Crippen LogP contribution in [0.1, 0.15) is 31.9 Å². The van der Waals surface area contributed by atoms with Gasteiger partial charge in [-0.3, -0.25) is 9.59 Å². The third-order valence-corrected chi connectivity index (χ3v) is 3.72. The fourth-order valence-electron chi connectivity index (χ4n) is 2.75. The number of rotatable bonds is 6. The molecule has 0 saturated heterocycles. The predicted octanol–water partition coefficient (Wildman–Crippen LogP) is 4.08. The molecular formula is C21H26N2O3. The number of para-hydroxylation sites is 2. The Bertz CT molecular complexity index is 779. The Kier molecular flexibility index (Phi) is 6.39. The summed E-state index contributed by atoms with van der Waals surface area (Å²) < 4.78 is 5.72. The van der Waals surface area contributed by atoms with Crippen molar-refractivity contribution in [2.45, 2.75) is 40.7 Å². The van der Waals surface area contributed by atoms with Gasteiger partial charge in [0, 0.05) is 12.6 Å². The normalized spacial score (nSPS) is 10.5. The van der Waals surface area contributed by atoms with Gasteiger partial charge in [0.15, 0.2) is 0 Å². The third-order valence-electron chi connectivity index (χ3n) is 3.72. The van der Waals surface area contributed by atoms with E-state index in [9.17, 15) is 9.59 Å². The number of benzene rings is 2. The minimum absolute atomic E-state index is 0.00274. The molecule has 5 heteroatoms. The highest BCUT2D eigenvalue weighted by Crippen LogP contribution is 2.25. The van der Waals surface area contributed by atoms with E-state index in [0.717, 1.165) is 16.8 Å². The van der Waals surface area contributed by atoms with Gasteiger partial charge in [0.1, 0.15) is 12.3 Å². The highest BCUT2D eigenvalue weighted by Gasteiger charge is 2.17. The lowest BCUT2D eigenvalue weighted by atomic mass is 10.1. The van der Waals surface area contributed by atoms with Crippen LogP contribution in [0.4, 0.5) is 11.4 Å². The van der Waals surface area contributed by atoms with Crippen LogP contribution in [0.25, 0.3) is 0 Å². The number of ether oxygens (including phenoxy) is 1. The molecule has 0 aliphatic carbocycles. The van der Waals surface area contributed by atoms with Crippen molar-refractivity contribution in [3.8, 4) is 5.75 Å². The van der Waals surface area contributed by atoms with Crippen LogP contribution in [-0.4, -0.2) is 24.5 Å². The van der Waals surface area contributed by atoms with Crippen LogP contribution in [0, 0.1) is 13.8 Å². The molecule has 0 bridgehead atoms. The standard InChI is InChI=1S/C21H26N2O3/c1-14(2)26-20-9-7-6-8-19(20)22-21(25)13-23(17(5)24)18-11-15(3)10-16(4)12-18/h6-12,14H,13H2,1-5H3,(H,22,25). The van der Waals surface area contributed by atoms with Gasteiger partial charge in [0.25, 0.3) is 0 Å². The quantitative estimate of drug-likeness (QED) is 0.850. The molecule has 1 N–H and O–H groups in total. The molecule has 2 rings (SSSR count). The van der Waals surface area contributed by atoms with Crippen molar-refractivity contribution in [2.24, 2.45) is 0 Å². The Morgan fingerprint density at radius 2 is 1.69 bits per heavy atom. The van der Waals surface area contributed by atoms with Crippen molar-refractivity contribution < 1.29 is 14.3 Å². The summed E-state index contributed by atoms with van der Waals surface area (Å²) in [6, 6.07) is 13.1. The molecule has 26 heavy (non-hydrogen) atoms. The summed E-state index contributed by atoms with van der Waals surface area (Å²) >= 11 is 0. The second-order valence-corrected chi connectivity index (χ2v) is 6.66. The second kappa shape index (κ2) is 8.52. The molecule has 5 nitrogen and oxygen atoms in total. The maximum Gasteiger partial charge on any atom is 0.244 e. The van der Waals surface area contributed by atoms with Gasteiger partial charge in [-0.05, 0) is 63.1 Å². The van der Waals surface area contributed by atoms with Gasteiger partial charge in [0.05, 0.1) is 11.8 Å². The van der Waals surface area contributed by atoms with Crippen molar-refractivity contribution in [2.75, 3.05) is 16.8 Å². The van der Waals surface area contributed by atoms with Crippen LogP contribution in [0.3, 0.4) is 0 Å². The molecule has 2 aromatic rings. The average molecular weight is 354 g/mol. The first-order valence-electron chi connectivity index (χ1n) is 8.68. The van der Waals surface area contributed by atoms with E-state index >= 15 is 0 Å². The molecule has 0 radical (unpaired) electrons. The van der Waals surface area contributed by atoms with E-state index in [4.69, 9.17) is 4.74 Å². The molecular weight excluding hydrogens is 328 g/mol. The monoisotopic (exact) mass is 354 g/mol. The van der Waals surface area contributed by atoms with E-state index in [-0.39, 0.29) is 24.5 Å². The Hall–Kier alpha value is -2.82. The zero-order valence-corrected chi connectivity index (χ0v) is 16.0. The second-order valence-electron chi connectivity index (χ2n) is 6.66. The van der Waals surface area contributed by atoms with Crippen LogP contribution < -0.4 is 15.0 Å². The minimum atomic E-state index is -0.279. The lowest BCUT2D eigenvalue weighted by Crippen LogP contribution is -2.36. The Morgan fingerprint density at radius 3 is 2.27 bits per heavy atom. The van der Waals surface area contributed by atoms with Gasteiger partial charge < -0.3 is 15.0 Å². The number of nitrogens with zero attached hydrogens (tertiary/aromatic N) is 1. The lowest BCUT2D eigenvalue weighted by molar-refractivity contribution is -0.120. The SMILES string of the molecule is CC(=O)N(CC(=O)Nc1ccccc1OC(C)C)c1cc(C)cc(C)c1. The van der Waals surface area contributed by atoms with Gasteiger partial charge in [0.2, 0.25) is 11.8 Å². The first-order valence-corrected chi connectivity index (χ1v) is 8.68. The Labute approximate surface area is 155 Å². The van der Waals surface area contributed by atoms with Crippen molar-refractivity contribution in [3.05, 3.63) is 53.6 Å². The fraction of sp³-hybridized carbons (Fsp3) is 0.333. The van der Waals surface area contributed by atoms with E-state index in [1.807, 2.05) is 64.1 Å². The smallest absolute Gasteiger partial charge is 0.244 e. The van der Waals surface area contributed by atoms with E-state index in [0.29, 0.717) is 11.4 Å². The number of hydrogen-bond acceptors (Lipinski definition) is 3. The van der Waals surface area contributed by atoms with E-state index in [1.54, 1.807) is 6.07 Å². The molecule has 138 valence electrons. The highest BCUT2D eigenvalue weighted by atomic mass is 16.5. The molecule has 2 amide bonds. The number of carbonyl (C=O) groups excluding carboxylic acids is 2. The van der Waals surface area contributed by atoms with Crippen LogP contribution in [-0.2, 0) is 9.59 Å². The van der Waals surface area contributed by atoms with Gasteiger partial charge in [-0.15, -0.1) is 0 Å². The first-order chi connectivity index (χ1) is 12.3. The number of anilines is 2. The summed E-state index contributed by atoms with van der Waals surface area (Å²) in [5, 5.41) is 2.84. The number of carbonyl (C=O) groups is 2. The maximum atomic E-state index is 12.5. The summed E-state index contributed by atoms with van der Waals surface area (Å²) in [6.07, 6.45) is -0.00274. The van der Waals surface area contributed by atoms with Gasteiger partial charge in [-0.1, -0.05) is 18.2 Å². The predicted molar refractivity (Wildman–Crippen MR) is 105 cm³/mol. The topological polar surface area (TPSA) is 58.6 Å². The largest absolute Gasteiger partial charge is 0.489 e. The molecule has 0 unspecified atom stereocenters. The van der Waals surface area contributed by atoms with Gasteiger partial charge in [-0.2, -0.15) is 0 Å². The zero-order chi connectivity index (χ0) is 19.3. The van der Waals surface area contributed by atoms with Gasteiger partial charge in [-0.25, -0.2) is 0 Å². The molecule has 0 atom stereocenters. The summed E-state index contributed by atoms with van der Waals surface area (Å²) in [4.78, 5) is 26.1. The van der Waals surface area contributed by atoms with Crippen molar-refractivity contribution in [1.29, 1.82) is 0 Å². The van der Waals surface area contributed by atoms with E-state index < -0.39 is 0 Å². The lowest BCUT2D eigenvalue weighted by Gasteiger charge is -2.22. The average Bonchev–Trinajstić information content (AvgIpc) is 2.52. The first kappa shape index (κ1) is 19.5. The van der Waals surface area contributed by atoms with Crippen molar-refractivity contribution in [3.63, 3.8) is 0 Å². The van der Waals surface area contributed by atoms with Crippen LogP contribution in [0.5, 0.6) is 5.75 Å². The van der Waals surface area contributed by atoms with Crippen molar-refractivity contribution >= 4 is 23.2 Å². The summed E-state index contributed by atoms with van der Waals surface area (Å²) in [5.41, 5.74) is 3.40. The summed E-state index contributed by atoms with van der Waals surface area (Å²) in [6.45, 7) is 9.18. The molecule has 0 aliphatic heterocycles. The number of aryl methyl sites for hydroxylation is 2. The van der Waals surface area contributed by atoms with Crippen LogP contribution >= 0.6 is 0 Å². The molecule has 0 saturated carbocycles.